The molecule has 0 amide bonds. The zero-order valence-electron chi connectivity index (χ0n) is 12.8. The maximum atomic E-state index is 5.76. The summed E-state index contributed by atoms with van der Waals surface area (Å²) in [6.07, 6.45) is -0.0350. The first-order valence-corrected chi connectivity index (χ1v) is 6.85. The predicted octanol–water partition coefficient (Wildman–Crippen LogP) is 1.89. The molecule has 2 unspecified atom stereocenters. The van der Waals surface area contributed by atoms with Crippen molar-refractivity contribution in [2.45, 2.75) is 26.0 Å². The van der Waals surface area contributed by atoms with Gasteiger partial charge in [0.25, 0.3) is 0 Å². The number of hydrazine groups is 1. The average molecular weight is 282 g/mol. The lowest BCUT2D eigenvalue weighted by molar-refractivity contribution is 0.0315. The molecule has 0 saturated carbocycles. The van der Waals surface area contributed by atoms with Crippen LogP contribution in [0.5, 0.6) is 5.75 Å². The number of nitrogens with two attached hydrogens (primary N) is 1. The van der Waals surface area contributed by atoms with Gasteiger partial charge in [0, 0.05) is 19.8 Å². The van der Waals surface area contributed by atoms with Gasteiger partial charge in [0.2, 0.25) is 0 Å². The van der Waals surface area contributed by atoms with Crippen molar-refractivity contribution >= 4 is 0 Å². The van der Waals surface area contributed by atoms with Crippen LogP contribution in [0.3, 0.4) is 0 Å². The molecule has 1 rings (SSSR count). The van der Waals surface area contributed by atoms with Gasteiger partial charge >= 0.3 is 0 Å². The lowest BCUT2D eigenvalue weighted by atomic mass is 9.93. The normalized spacial score (nSPS) is 14.3. The minimum Gasteiger partial charge on any atom is -0.491 e. The Balaban J connectivity index is 2.96. The Labute approximate surface area is 121 Å². The minimum atomic E-state index is -0.126. The quantitative estimate of drug-likeness (QED) is 0.411. The standard InChI is InChI=1S/C15H26N2O3/c1-11(2)15(19-4)14(17-16)12-7-5-6-8-13(12)20-10-9-18-3/h5-8,11,14-15,17H,9-10,16H2,1-4H3. The van der Waals surface area contributed by atoms with Gasteiger partial charge < -0.3 is 14.2 Å². The summed E-state index contributed by atoms with van der Waals surface area (Å²) >= 11 is 0. The molecular weight excluding hydrogens is 256 g/mol. The second kappa shape index (κ2) is 8.92. The van der Waals surface area contributed by atoms with Gasteiger partial charge in [0.15, 0.2) is 0 Å². The highest BCUT2D eigenvalue weighted by Crippen LogP contribution is 2.30. The van der Waals surface area contributed by atoms with Crippen molar-refractivity contribution in [2.24, 2.45) is 11.8 Å². The van der Waals surface area contributed by atoms with E-state index in [1.165, 1.54) is 0 Å². The lowest BCUT2D eigenvalue weighted by Gasteiger charge is -2.30. The molecule has 114 valence electrons. The van der Waals surface area contributed by atoms with Crippen molar-refractivity contribution in [1.29, 1.82) is 0 Å². The first-order valence-electron chi connectivity index (χ1n) is 6.85. The van der Waals surface area contributed by atoms with Crippen LogP contribution in [0.1, 0.15) is 25.5 Å². The topological polar surface area (TPSA) is 65.7 Å². The van der Waals surface area contributed by atoms with Gasteiger partial charge in [-0.3, -0.25) is 11.3 Å². The lowest BCUT2D eigenvalue weighted by Crippen LogP contribution is -2.40. The number of ether oxygens (including phenoxy) is 3. The first-order chi connectivity index (χ1) is 9.65. The Bertz CT molecular complexity index is 385. The molecule has 5 heteroatoms. The van der Waals surface area contributed by atoms with Crippen LogP contribution in [-0.4, -0.2) is 33.5 Å². The van der Waals surface area contributed by atoms with Crippen LogP contribution in [0.15, 0.2) is 24.3 Å². The summed E-state index contributed by atoms with van der Waals surface area (Å²) in [5.74, 6) is 6.86. The predicted molar refractivity (Wildman–Crippen MR) is 79.5 cm³/mol. The summed E-state index contributed by atoms with van der Waals surface area (Å²) < 4.78 is 16.3. The van der Waals surface area contributed by atoms with E-state index in [4.69, 9.17) is 20.1 Å². The number of nitrogens with one attached hydrogen (secondary N) is 1. The number of hydrogen-bond donors (Lipinski definition) is 2. The van der Waals surface area contributed by atoms with Crippen molar-refractivity contribution in [3.05, 3.63) is 29.8 Å². The molecule has 2 atom stereocenters. The molecule has 0 fully saturated rings. The molecule has 0 spiro atoms. The smallest absolute Gasteiger partial charge is 0.124 e. The molecule has 5 nitrogen and oxygen atoms in total. The summed E-state index contributed by atoms with van der Waals surface area (Å²) in [7, 11) is 3.35. The minimum absolute atomic E-state index is 0.0350. The second-order valence-electron chi connectivity index (χ2n) is 4.97. The average Bonchev–Trinajstić information content (AvgIpc) is 2.45. The van der Waals surface area contributed by atoms with Crippen molar-refractivity contribution in [3.63, 3.8) is 0 Å². The van der Waals surface area contributed by atoms with E-state index in [2.05, 4.69) is 19.3 Å². The Kier molecular flexibility index (Phi) is 7.54. The molecule has 0 aliphatic carbocycles. The molecule has 0 heterocycles. The zero-order chi connectivity index (χ0) is 15.0. The number of hydrogen-bond acceptors (Lipinski definition) is 5. The third-order valence-corrected chi connectivity index (χ3v) is 3.24. The molecule has 1 aromatic rings. The van der Waals surface area contributed by atoms with E-state index in [0.717, 1.165) is 11.3 Å². The maximum absolute atomic E-state index is 5.76. The maximum Gasteiger partial charge on any atom is 0.124 e. The third kappa shape index (κ3) is 4.45. The van der Waals surface area contributed by atoms with E-state index in [0.29, 0.717) is 19.1 Å². The summed E-state index contributed by atoms with van der Waals surface area (Å²) in [4.78, 5) is 0. The van der Waals surface area contributed by atoms with Crippen molar-refractivity contribution in [2.75, 3.05) is 27.4 Å². The fraction of sp³-hybridized carbons (Fsp3) is 0.600. The zero-order valence-corrected chi connectivity index (χ0v) is 12.8. The van der Waals surface area contributed by atoms with Gasteiger partial charge in [-0.1, -0.05) is 32.0 Å². The fourth-order valence-corrected chi connectivity index (χ4v) is 2.26. The third-order valence-electron chi connectivity index (χ3n) is 3.24. The molecule has 1 aromatic carbocycles. The molecule has 3 N–H and O–H groups in total. The van der Waals surface area contributed by atoms with Crippen molar-refractivity contribution in [3.8, 4) is 5.75 Å². The van der Waals surface area contributed by atoms with Gasteiger partial charge in [-0.15, -0.1) is 0 Å². The molecule has 20 heavy (non-hydrogen) atoms. The van der Waals surface area contributed by atoms with E-state index in [-0.39, 0.29) is 12.1 Å². The van der Waals surface area contributed by atoms with Crippen LogP contribution in [-0.2, 0) is 9.47 Å². The first kappa shape index (κ1) is 16.9. The van der Waals surface area contributed by atoms with Crippen molar-refractivity contribution in [1.82, 2.24) is 5.43 Å². The Morgan fingerprint density at radius 2 is 1.85 bits per heavy atom. The Morgan fingerprint density at radius 1 is 1.15 bits per heavy atom. The highest BCUT2D eigenvalue weighted by Gasteiger charge is 2.27. The van der Waals surface area contributed by atoms with Gasteiger partial charge in [-0.05, 0) is 12.0 Å². The summed E-state index contributed by atoms with van der Waals surface area (Å²) in [5.41, 5.74) is 3.84. The highest BCUT2D eigenvalue weighted by atomic mass is 16.5. The molecule has 0 aliphatic heterocycles. The molecule has 0 bridgehead atoms. The van der Waals surface area contributed by atoms with Crippen LogP contribution in [0.4, 0.5) is 0 Å². The molecule has 0 aromatic heterocycles. The molecule has 0 radical (unpaired) electrons. The summed E-state index contributed by atoms with van der Waals surface area (Å²) in [6, 6.07) is 7.72. The SMILES string of the molecule is COCCOc1ccccc1C(NN)C(OC)C(C)C. The van der Waals surface area contributed by atoms with Gasteiger partial charge in [0.05, 0.1) is 18.8 Å². The van der Waals surface area contributed by atoms with Crippen LogP contribution < -0.4 is 16.0 Å². The van der Waals surface area contributed by atoms with E-state index in [1.807, 2.05) is 24.3 Å². The fourth-order valence-electron chi connectivity index (χ4n) is 2.26. The van der Waals surface area contributed by atoms with E-state index >= 15 is 0 Å². The largest absolute Gasteiger partial charge is 0.491 e. The van der Waals surface area contributed by atoms with Gasteiger partial charge in [0.1, 0.15) is 12.4 Å². The van der Waals surface area contributed by atoms with E-state index in [9.17, 15) is 0 Å². The highest BCUT2D eigenvalue weighted by molar-refractivity contribution is 5.36. The van der Waals surface area contributed by atoms with Crippen LogP contribution in [0.25, 0.3) is 0 Å². The molecular formula is C15H26N2O3. The van der Waals surface area contributed by atoms with Crippen LogP contribution in [0.2, 0.25) is 0 Å². The van der Waals surface area contributed by atoms with Crippen molar-refractivity contribution < 1.29 is 14.2 Å². The van der Waals surface area contributed by atoms with Crippen LogP contribution >= 0.6 is 0 Å². The summed E-state index contributed by atoms with van der Waals surface area (Å²) in [6.45, 7) is 5.26. The second-order valence-corrected chi connectivity index (χ2v) is 4.97. The molecule has 0 aliphatic rings. The summed E-state index contributed by atoms with van der Waals surface area (Å²) in [5, 5.41) is 0. The van der Waals surface area contributed by atoms with Crippen LogP contribution in [0, 0.1) is 5.92 Å². The van der Waals surface area contributed by atoms with Gasteiger partial charge in [-0.25, -0.2) is 0 Å². The number of rotatable bonds is 9. The number of benzene rings is 1. The Morgan fingerprint density at radius 3 is 2.40 bits per heavy atom. The van der Waals surface area contributed by atoms with E-state index in [1.54, 1.807) is 14.2 Å². The van der Waals surface area contributed by atoms with E-state index < -0.39 is 0 Å². The Hall–Kier alpha value is -1.14. The number of methoxy groups -OCH3 is 2. The molecule has 0 saturated heterocycles. The van der Waals surface area contributed by atoms with Gasteiger partial charge in [-0.2, -0.15) is 0 Å². The number of para-hydroxylation sites is 1. The monoisotopic (exact) mass is 282 g/mol.